The monoisotopic (exact) mass is 330 g/mol. The van der Waals surface area contributed by atoms with Gasteiger partial charge in [0.15, 0.2) is 5.82 Å². The van der Waals surface area contributed by atoms with Gasteiger partial charge < -0.3 is 5.32 Å². The van der Waals surface area contributed by atoms with Crippen LogP contribution in [0.1, 0.15) is 11.4 Å². The third kappa shape index (κ3) is 4.93. The van der Waals surface area contributed by atoms with E-state index in [0.29, 0.717) is 0 Å². The Balaban J connectivity index is 0.00000110. The molecule has 8 heteroatoms. The number of benzene rings is 1. The molecule has 1 aliphatic heterocycles. The van der Waals surface area contributed by atoms with Crippen LogP contribution in [0.15, 0.2) is 30.3 Å². The molecule has 1 saturated heterocycles. The Morgan fingerprint density at radius 3 is 2.43 bits per heavy atom. The van der Waals surface area contributed by atoms with Crippen LogP contribution in [0.4, 0.5) is 0 Å². The van der Waals surface area contributed by atoms with Crippen LogP contribution in [0, 0.1) is 0 Å². The second-order valence-electron chi connectivity index (χ2n) is 4.76. The minimum absolute atomic E-state index is 0. The van der Waals surface area contributed by atoms with Gasteiger partial charge in [-0.2, -0.15) is 0 Å². The molecule has 21 heavy (non-hydrogen) atoms. The minimum Gasteiger partial charge on any atom is -0.314 e. The Labute approximate surface area is 136 Å². The number of hydrogen-bond acceptors (Lipinski definition) is 5. The molecule has 0 radical (unpaired) electrons. The van der Waals surface area contributed by atoms with Gasteiger partial charge in [0.1, 0.15) is 0 Å². The molecule has 1 aliphatic rings. The first-order valence-electron chi connectivity index (χ1n) is 6.64. The zero-order valence-electron chi connectivity index (χ0n) is 11.7. The number of hydrogen-bond donors (Lipinski definition) is 1. The summed E-state index contributed by atoms with van der Waals surface area (Å²) < 4.78 is 1.89. The molecular formula is C13H20Cl2N6. The summed E-state index contributed by atoms with van der Waals surface area (Å²) in [5.41, 5.74) is 1.22. The van der Waals surface area contributed by atoms with Gasteiger partial charge >= 0.3 is 0 Å². The zero-order valence-corrected chi connectivity index (χ0v) is 13.3. The maximum absolute atomic E-state index is 4.15. The first-order chi connectivity index (χ1) is 9.42. The largest absolute Gasteiger partial charge is 0.314 e. The normalized spacial score (nSPS) is 15.0. The van der Waals surface area contributed by atoms with Crippen molar-refractivity contribution in [2.45, 2.75) is 13.1 Å². The Bertz CT molecular complexity index is 512. The maximum Gasteiger partial charge on any atom is 0.165 e. The molecule has 0 saturated carbocycles. The van der Waals surface area contributed by atoms with E-state index in [2.05, 4.69) is 37.9 Å². The molecule has 0 bridgehead atoms. The fourth-order valence-corrected chi connectivity index (χ4v) is 2.28. The first kappa shape index (κ1) is 17.8. The number of tetrazole rings is 1. The fraction of sp³-hybridized carbons (Fsp3) is 0.462. The molecule has 6 nitrogen and oxygen atoms in total. The molecule has 0 aliphatic carbocycles. The van der Waals surface area contributed by atoms with E-state index in [4.69, 9.17) is 0 Å². The van der Waals surface area contributed by atoms with Gasteiger partial charge in [-0.25, -0.2) is 4.68 Å². The second kappa shape index (κ2) is 8.94. The lowest BCUT2D eigenvalue weighted by molar-refractivity contribution is 0.224. The van der Waals surface area contributed by atoms with Crippen molar-refractivity contribution >= 4 is 24.8 Å². The summed E-state index contributed by atoms with van der Waals surface area (Å²) in [6, 6.07) is 10.3. The van der Waals surface area contributed by atoms with E-state index in [1.807, 2.05) is 22.9 Å². The highest BCUT2D eigenvalue weighted by Crippen LogP contribution is 2.05. The Kier molecular flexibility index (Phi) is 7.60. The molecule has 1 fully saturated rings. The second-order valence-corrected chi connectivity index (χ2v) is 4.76. The summed E-state index contributed by atoms with van der Waals surface area (Å²) in [5, 5.41) is 15.4. The third-order valence-corrected chi connectivity index (χ3v) is 3.36. The van der Waals surface area contributed by atoms with Gasteiger partial charge in [0.05, 0.1) is 13.1 Å². The Morgan fingerprint density at radius 1 is 1.00 bits per heavy atom. The summed E-state index contributed by atoms with van der Waals surface area (Å²) in [7, 11) is 0. The topological polar surface area (TPSA) is 58.9 Å². The number of rotatable bonds is 4. The van der Waals surface area contributed by atoms with E-state index in [1.165, 1.54) is 5.56 Å². The van der Waals surface area contributed by atoms with Gasteiger partial charge in [-0.05, 0) is 16.0 Å². The predicted molar refractivity (Wildman–Crippen MR) is 86.0 cm³/mol. The molecule has 0 atom stereocenters. The van der Waals surface area contributed by atoms with Crippen LogP contribution in [0.2, 0.25) is 0 Å². The number of nitrogens with one attached hydrogen (secondary N) is 1. The van der Waals surface area contributed by atoms with Gasteiger partial charge in [-0.15, -0.1) is 29.9 Å². The van der Waals surface area contributed by atoms with Crippen molar-refractivity contribution in [1.82, 2.24) is 30.4 Å². The van der Waals surface area contributed by atoms with Crippen molar-refractivity contribution < 1.29 is 0 Å². The molecule has 0 amide bonds. The highest BCUT2D eigenvalue weighted by molar-refractivity contribution is 5.85. The highest BCUT2D eigenvalue weighted by Gasteiger charge is 2.14. The SMILES string of the molecule is Cl.Cl.c1ccc(Cn2nnnc2CN2CCNCC2)cc1. The Hall–Kier alpha value is -1.21. The van der Waals surface area contributed by atoms with E-state index in [-0.39, 0.29) is 24.8 Å². The predicted octanol–water partition coefficient (Wildman–Crippen LogP) is 0.970. The van der Waals surface area contributed by atoms with E-state index < -0.39 is 0 Å². The highest BCUT2D eigenvalue weighted by atomic mass is 35.5. The molecule has 1 aromatic heterocycles. The molecule has 116 valence electrons. The summed E-state index contributed by atoms with van der Waals surface area (Å²) in [5.74, 6) is 0.936. The van der Waals surface area contributed by atoms with Gasteiger partial charge in [0.25, 0.3) is 0 Å². The van der Waals surface area contributed by atoms with Crippen LogP contribution in [0.3, 0.4) is 0 Å². The molecule has 2 aromatic rings. The molecule has 2 heterocycles. The summed E-state index contributed by atoms with van der Waals surface area (Å²) >= 11 is 0. The third-order valence-electron chi connectivity index (χ3n) is 3.36. The number of halogens is 2. The van der Waals surface area contributed by atoms with Gasteiger partial charge in [0.2, 0.25) is 0 Å². The van der Waals surface area contributed by atoms with Crippen molar-refractivity contribution in [3.8, 4) is 0 Å². The van der Waals surface area contributed by atoms with Crippen molar-refractivity contribution in [2.75, 3.05) is 26.2 Å². The van der Waals surface area contributed by atoms with Crippen molar-refractivity contribution in [3.05, 3.63) is 41.7 Å². The van der Waals surface area contributed by atoms with Crippen molar-refractivity contribution in [1.29, 1.82) is 0 Å². The van der Waals surface area contributed by atoms with Crippen LogP contribution in [-0.2, 0) is 13.1 Å². The number of piperazine rings is 1. The van der Waals surface area contributed by atoms with Crippen LogP contribution in [0.25, 0.3) is 0 Å². The molecular weight excluding hydrogens is 311 g/mol. The standard InChI is InChI=1S/C13H18N6.2ClH/c1-2-4-12(5-3-1)10-19-13(15-16-17-19)11-18-8-6-14-7-9-18;;/h1-5,14H,6-11H2;2*1H. The Morgan fingerprint density at radius 2 is 1.71 bits per heavy atom. The molecule has 3 rings (SSSR count). The number of aromatic nitrogens is 4. The smallest absolute Gasteiger partial charge is 0.165 e. The molecule has 1 aromatic carbocycles. The van der Waals surface area contributed by atoms with Crippen molar-refractivity contribution in [3.63, 3.8) is 0 Å². The first-order valence-corrected chi connectivity index (χ1v) is 6.64. The van der Waals surface area contributed by atoms with Gasteiger partial charge in [-0.3, -0.25) is 4.90 Å². The van der Waals surface area contributed by atoms with Crippen LogP contribution in [-0.4, -0.2) is 51.3 Å². The number of nitrogens with zero attached hydrogens (tertiary/aromatic N) is 5. The molecule has 0 spiro atoms. The molecule has 0 unspecified atom stereocenters. The lowest BCUT2D eigenvalue weighted by Gasteiger charge is -2.26. The lowest BCUT2D eigenvalue weighted by atomic mass is 10.2. The van der Waals surface area contributed by atoms with Crippen molar-refractivity contribution in [2.24, 2.45) is 0 Å². The summed E-state index contributed by atoms with van der Waals surface area (Å²) in [6.07, 6.45) is 0. The van der Waals surface area contributed by atoms with Gasteiger partial charge in [0, 0.05) is 26.2 Å². The molecule has 1 N–H and O–H groups in total. The maximum atomic E-state index is 4.15. The van der Waals surface area contributed by atoms with Crippen LogP contribution in [0.5, 0.6) is 0 Å². The zero-order chi connectivity index (χ0) is 12.9. The lowest BCUT2D eigenvalue weighted by Crippen LogP contribution is -2.43. The van der Waals surface area contributed by atoms with E-state index >= 15 is 0 Å². The fourth-order valence-electron chi connectivity index (χ4n) is 2.28. The van der Waals surface area contributed by atoms with Gasteiger partial charge in [-0.1, -0.05) is 30.3 Å². The quantitative estimate of drug-likeness (QED) is 0.905. The van der Waals surface area contributed by atoms with Crippen LogP contribution >= 0.6 is 24.8 Å². The average molecular weight is 331 g/mol. The minimum atomic E-state index is 0. The summed E-state index contributed by atoms with van der Waals surface area (Å²) in [4.78, 5) is 2.38. The van der Waals surface area contributed by atoms with E-state index in [0.717, 1.165) is 45.1 Å². The summed E-state index contributed by atoms with van der Waals surface area (Å²) in [6.45, 7) is 5.74. The van der Waals surface area contributed by atoms with Crippen LogP contribution < -0.4 is 5.32 Å². The van der Waals surface area contributed by atoms with E-state index in [9.17, 15) is 0 Å². The van der Waals surface area contributed by atoms with E-state index in [1.54, 1.807) is 0 Å². The average Bonchev–Trinajstić information content (AvgIpc) is 2.88.